The van der Waals surface area contributed by atoms with Crippen LogP contribution in [0, 0.1) is 12.3 Å². The van der Waals surface area contributed by atoms with Gasteiger partial charge in [0, 0.05) is 69.9 Å². The van der Waals surface area contributed by atoms with Gasteiger partial charge in [-0.3, -0.25) is 14.5 Å². The maximum Gasteiger partial charge on any atom is 0.262 e. The standard InChI is InChI=1S/C27H35N5O4/c1-20-5-4-6-23(17-20)36-19-27(34)30-22-7-8-26(24(18-22)25(29-3)9-10-28)35-16-15-31-11-13-32(14-12-31)21(2)33/h4-10,17-18,28-29H,11-16,19H2,1-3H3,(H,30,34)/b25-9-,28-10?. The van der Waals surface area contributed by atoms with Crippen molar-refractivity contribution < 1.29 is 19.1 Å². The Hall–Kier alpha value is -3.85. The number of nitrogens with one attached hydrogen (secondary N) is 3. The highest BCUT2D eigenvalue weighted by atomic mass is 16.5. The summed E-state index contributed by atoms with van der Waals surface area (Å²) in [5, 5.41) is 13.4. The highest BCUT2D eigenvalue weighted by Gasteiger charge is 2.18. The van der Waals surface area contributed by atoms with Crippen molar-refractivity contribution in [3.8, 4) is 11.5 Å². The quantitative estimate of drug-likeness (QED) is 0.416. The van der Waals surface area contributed by atoms with Crippen molar-refractivity contribution in [3.63, 3.8) is 0 Å². The van der Waals surface area contributed by atoms with Crippen LogP contribution in [0.4, 0.5) is 5.69 Å². The molecule has 1 aliphatic rings. The Kier molecular flexibility index (Phi) is 9.88. The van der Waals surface area contributed by atoms with Gasteiger partial charge in [0.05, 0.1) is 0 Å². The molecule has 1 saturated heterocycles. The molecule has 0 bridgehead atoms. The van der Waals surface area contributed by atoms with Crippen LogP contribution in [0.2, 0.25) is 0 Å². The Morgan fingerprint density at radius 1 is 1.08 bits per heavy atom. The van der Waals surface area contributed by atoms with E-state index >= 15 is 0 Å². The lowest BCUT2D eigenvalue weighted by molar-refractivity contribution is -0.130. The fourth-order valence-electron chi connectivity index (χ4n) is 3.96. The molecule has 9 heteroatoms. The Balaban J connectivity index is 1.62. The van der Waals surface area contributed by atoms with Gasteiger partial charge in [0.25, 0.3) is 5.91 Å². The van der Waals surface area contributed by atoms with Crippen LogP contribution in [0.5, 0.6) is 11.5 Å². The zero-order chi connectivity index (χ0) is 25.9. The number of allylic oxidation sites excluding steroid dienone is 1. The molecular weight excluding hydrogens is 458 g/mol. The third kappa shape index (κ3) is 7.84. The first-order valence-electron chi connectivity index (χ1n) is 12.0. The lowest BCUT2D eigenvalue weighted by atomic mass is 10.1. The number of amides is 2. The topological polar surface area (TPSA) is 107 Å². The van der Waals surface area contributed by atoms with E-state index in [1.807, 2.05) is 48.2 Å². The van der Waals surface area contributed by atoms with E-state index in [9.17, 15) is 9.59 Å². The van der Waals surface area contributed by atoms with Crippen LogP contribution in [-0.2, 0) is 9.59 Å². The summed E-state index contributed by atoms with van der Waals surface area (Å²) in [4.78, 5) is 28.1. The molecule has 3 N–H and O–H groups in total. The molecule has 192 valence electrons. The van der Waals surface area contributed by atoms with E-state index in [0.717, 1.165) is 43.9 Å². The van der Waals surface area contributed by atoms with Crippen LogP contribution in [0.3, 0.4) is 0 Å². The predicted molar refractivity (Wildman–Crippen MR) is 142 cm³/mol. The van der Waals surface area contributed by atoms with Crippen molar-refractivity contribution in [2.24, 2.45) is 0 Å². The Bertz CT molecular complexity index is 1090. The van der Waals surface area contributed by atoms with E-state index < -0.39 is 0 Å². The predicted octanol–water partition coefficient (Wildman–Crippen LogP) is 2.77. The van der Waals surface area contributed by atoms with Crippen LogP contribution < -0.4 is 20.1 Å². The number of aryl methyl sites for hydroxylation is 1. The number of hydrogen-bond acceptors (Lipinski definition) is 7. The maximum atomic E-state index is 12.5. The van der Waals surface area contributed by atoms with E-state index in [2.05, 4.69) is 15.5 Å². The van der Waals surface area contributed by atoms with Crippen molar-refractivity contribution in [2.45, 2.75) is 13.8 Å². The molecule has 0 radical (unpaired) electrons. The number of rotatable bonds is 11. The number of piperazine rings is 1. The van der Waals surface area contributed by atoms with Gasteiger partial charge < -0.3 is 30.4 Å². The first kappa shape index (κ1) is 26.7. The summed E-state index contributed by atoms with van der Waals surface area (Å²) in [5.41, 5.74) is 3.09. The van der Waals surface area contributed by atoms with Crippen LogP contribution in [0.25, 0.3) is 5.70 Å². The van der Waals surface area contributed by atoms with Gasteiger partial charge in [-0.15, -0.1) is 0 Å². The summed E-state index contributed by atoms with van der Waals surface area (Å²) in [6.45, 7) is 7.78. The highest BCUT2D eigenvalue weighted by molar-refractivity contribution is 5.93. The van der Waals surface area contributed by atoms with Gasteiger partial charge in [-0.2, -0.15) is 0 Å². The summed E-state index contributed by atoms with van der Waals surface area (Å²) < 4.78 is 11.7. The number of carbonyl (C=O) groups excluding carboxylic acids is 2. The number of carbonyl (C=O) groups is 2. The lowest BCUT2D eigenvalue weighted by Gasteiger charge is -2.34. The number of anilines is 1. The molecule has 1 aliphatic heterocycles. The molecule has 2 amide bonds. The Labute approximate surface area is 212 Å². The first-order chi connectivity index (χ1) is 17.4. The second-order valence-corrected chi connectivity index (χ2v) is 8.56. The van der Waals surface area contributed by atoms with E-state index in [1.54, 1.807) is 26.1 Å². The number of benzene rings is 2. The average Bonchev–Trinajstić information content (AvgIpc) is 2.87. The largest absolute Gasteiger partial charge is 0.492 e. The van der Waals surface area contributed by atoms with Gasteiger partial charge in [-0.25, -0.2) is 0 Å². The number of nitrogens with zero attached hydrogens (tertiary/aromatic N) is 2. The van der Waals surface area contributed by atoms with Crippen LogP contribution in [-0.4, -0.2) is 80.8 Å². The fraction of sp³-hybridized carbons (Fsp3) is 0.370. The van der Waals surface area contributed by atoms with Crippen molar-refractivity contribution >= 4 is 29.4 Å². The van der Waals surface area contributed by atoms with Crippen molar-refractivity contribution in [1.29, 1.82) is 5.41 Å². The minimum atomic E-state index is -0.275. The van der Waals surface area contributed by atoms with Gasteiger partial charge in [0.2, 0.25) is 5.91 Å². The molecular formula is C27H35N5O4. The Morgan fingerprint density at radius 3 is 2.53 bits per heavy atom. The molecule has 2 aromatic carbocycles. The highest BCUT2D eigenvalue weighted by Crippen LogP contribution is 2.28. The molecule has 0 aromatic heterocycles. The summed E-state index contributed by atoms with van der Waals surface area (Å²) in [6.07, 6.45) is 2.83. The van der Waals surface area contributed by atoms with Gasteiger partial charge in [-0.1, -0.05) is 12.1 Å². The van der Waals surface area contributed by atoms with Gasteiger partial charge in [-0.05, 0) is 48.9 Å². The molecule has 1 fully saturated rings. The molecule has 9 nitrogen and oxygen atoms in total. The van der Waals surface area contributed by atoms with Crippen molar-refractivity contribution in [2.75, 3.05) is 58.3 Å². The molecule has 0 spiro atoms. The van der Waals surface area contributed by atoms with E-state index in [0.29, 0.717) is 29.5 Å². The van der Waals surface area contributed by atoms with Crippen LogP contribution >= 0.6 is 0 Å². The zero-order valence-corrected chi connectivity index (χ0v) is 21.2. The summed E-state index contributed by atoms with van der Waals surface area (Å²) >= 11 is 0. The van der Waals surface area contributed by atoms with E-state index in [1.165, 1.54) is 6.21 Å². The molecule has 3 rings (SSSR count). The van der Waals surface area contributed by atoms with Gasteiger partial charge in [0.1, 0.15) is 18.1 Å². The molecule has 0 unspecified atom stereocenters. The van der Waals surface area contributed by atoms with Gasteiger partial charge in [0.15, 0.2) is 6.61 Å². The SMILES string of the molecule is CN/C(=C\C=N)c1cc(NC(=O)COc2cccc(C)c2)ccc1OCCN1CCN(C(C)=O)CC1. The maximum absolute atomic E-state index is 12.5. The number of ether oxygens (including phenoxy) is 2. The summed E-state index contributed by atoms with van der Waals surface area (Å²) in [5.74, 6) is 1.13. The van der Waals surface area contributed by atoms with Crippen molar-refractivity contribution in [1.82, 2.24) is 15.1 Å². The minimum absolute atomic E-state index is 0.108. The first-order valence-corrected chi connectivity index (χ1v) is 12.0. The van der Waals surface area contributed by atoms with Gasteiger partial charge >= 0.3 is 0 Å². The Morgan fingerprint density at radius 2 is 1.86 bits per heavy atom. The molecule has 0 atom stereocenters. The summed E-state index contributed by atoms with van der Waals surface area (Å²) in [7, 11) is 1.77. The monoisotopic (exact) mass is 493 g/mol. The normalized spacial score (nSPS) is 14.2. The average molecular weight is 494 g/mol. The molecule has 0 saturated carbocycles. The minimum Gasteiger partial charge on any atom is -0.492 e. The van der Waals surface area contributed by atoms with E-state index in [-0.39, 0.29) is 18.4 Å². The third-order valence-electron chi connectivity index (χ3n) is 5.91. The zero-order valence-electron chi connectivity index (χ0n) is 21.2. The fourth-order valence-corrected chi connectivity index (χ4v) is 3.96. The molecule has 36 heavy (non-hydrogen) atoms. The second kappa shape index (κ2) is 13.3. The van der Waals surface area contributed by atoms with Crippen molar-refractivity contribution in [3.05, 3.63) is 59.7 Å². The lowest BCUT2D eigenvalue weighted by Crippen LogP contribution is -2.48. The van der Waals surface area contributed by atoms with Crippen LogP contribution in [0.1, 0.15) is 18.1 Å². The summed E-state index contributed by atoms with van der Waals surface area (Å²) in [6, 6.07) is 13.0. The smallest absolute Gasteiger partial charge is 0.262 e. The third-order valence-corrected chi connectivity index (χ3v) is 5.91. The second-order valence-electron chi connectivity index (χ2n) is 8.56. The van der Waals surface area contributed by atoms with E-state index in [4.69, 9.17) is 14.9 Å². The molecule has 0 aliphatic carbocycles. The molecule has 1 heterocycles. The number of hydrogen-bond donors (Lipinski definition) is 3. The van der Waals surface area contributed by atoms with Crippen LogP contribution in [0.15, 0.2) is 48.5 Å². The molecule has 2 aromatic rings.